The quantitative estimate of drug-likeness (QED) is 0.846. The number of carboxylic acid groups (broad SMARTS) is 1. The second-order valence-electron chi connectivity index (χ2n) is 6.55. The fraction of sp³-hybridized carbons (Fsp3) is 0.933. The summed E-state index contributed by atoms with van der Waals surface area (Å²) >= 11 is 0. The lowest BCUT2D eigenvalue weighted by Crippen LogP contribution is -2.43. The highest BCUT2D eigenvalue weighted by atomic mass is 16.4. The van der Waals surface area contributed by atoms with Crippen LogP contribution in [0.5, 0.6) is 0 Å². The van der Waals surface area contributed by atoms with Gasteiger partial charge in [-0.1, -0.05) is 0 Å². The molecule has 1 atom stereocenters. The second kappa shape index (κ2) is 6.71. The largest absolute Gasteiger partial charge is 0.481 e. The first-order chi connectivity index (χ1) is 9.06. The van der Waals surface area contributed by atoms with Gasteiger partial charge in [-0.3, -0.25) is 4.79 Å². The minimum Gasteiger partial charge on any atom is -0.481 e. The lowest BCUT2D eigenvalue weighted by Gasteiger charge is -2.38. The molecule has 4 heteroatoms. The van der Waals surface area contributed by atoms with Crippen molar-refractivity contribution in [3.05, 3.63) is 0 Å². The van der Waals surface area contributed by atoms with Gasteiger partial charge in [0.15, 0.2) is 0 Å². The summed E-state index contributed by atoms with van der Waals surface area (Å²) in [4.78, 5) is 15.9. The van der Waals surface area contributed by atoms with E-state index in [4.69, 9.17) is 5.11 Å². The van der Waals surface area contributed by atoms with Crippen LogP contribution in [0.2, 0.25) is 0 Å². The monoisotopic (exact) mass is 268 g/mol. The van der Waals surface area contributed by atoms with E-state index >= 15 is 0 Å². The molecule has 1 N–H and O–H groups in total. The van der Waals surface area contributed by atoms with E-state index < -0.39 is 5.97 Å². The first-order valence-electron chi connectivity index (χ1n) is 7.68. The highest BCUT2D eigenvalue weighted by molar-refractivity contribution is 5.70. The fourth-order valence-corrected chi connectivity index (χ4v) is 3.74. The highest BCUT2D eigenvalue weighted by Gasteiger charge is 2.29. The van der Waals surface area contributed by atoms with Crippen LogP contribution in [0.25, 0.3) is 0 Å². The zero-order chi connectivity index (χ0) is 13.8. The van der Waals surface area contributed by atoms with E-state index in [9.17, 15) is 4.79 Å². The van der Waals surface area contributed by atoms with Crippen LogP contribution in [0.3, 0.4) is 0 Å². The lowest BCUT2D eigenvalue weighted by molar-refractivity contribution is -0.143. The molecule has 1 unspecified atom stereocenters. The first kappa shape index (κ1) is 14.8. The number of hydrogen-bond acceptors (Lipinski definition) is 3. The fourth-order valence-electron chi connectivity index (χ4n) is 3.74. The van der Waals surface area contributed by atoms with Gasteiger partial charge in [0, 0.05) is 19.1 Å². The van der Waals surface area contributed by atoms with E-state index in [0.717, 1.165) is 31.6 Å². The Balaban J connectivity index is 1.74. The first-order valence-corrected chi connectivity index (χ1v) is 7.68. The maximum Gasteiger partial charge on any atom is 0.306 e. The molecule has 110 valence electrons. The van der Waals surface area contributed by atoms with Gasteiger partial charge in [-0.25, -0.2) is 0 Å². The summed E-state index contributed by atoms with van der Waals surface area (Å²) in [6, 6.07) is 0.600. The number of hydrogen-bond donors (Lipinski definition) is 1. The van der Waals surface area contributed by atoms with Crippen molar-refractivity contribution in [3.63, 3.8) is 0 Å². The van der Waals surface area contributed by atoms with Crippen LogP contribution in [0.1, 0.15) is 38.5 Å². The number of piperidine rings is 1. The third-order valence-corrected chi connectivity index (χ3v) is 4.94. The molecule has 2 rings (SSSR count). The predicted molar refractivity (Wildman–Crippen MR) is 76.2 cm³/mol. The molecule has 1 saturated carbocycles. The molecule has 4 nitrogen and oxygen atoms in total. The molecular weight excluding hydrogens is 240 g/mol. The summed E-state index contributed by atoms with van der Waals surface area (Å²) < 4.78 is 0. The van der Waals surface area contributed by atoms with Crippen LogP contribution in [-0.4, -0.2) is 60.6 Å². The molecule has 0 aromatic heterocycles. The van der Waals surface area contributed by atoms with Gasteiger partial charge in [0.05, 0.1) is 5.92 Å². The summed E-state index contributed by atoms with van der Waals surface area (Å²) in [6.45, 7) is 3.63. The molecule has 2 aliphatic rings. The van der Waals surface area contributed by atoms with Gasteiger partial charge in [-0.15, -0.1) is 0 Å². The Morgan fingerprint density at radius 3 is 2.53 bits per heavy atom. The SMILES string of the molecule is CN1CCCC(CN(C)C2CCC(C(=O)O)CC2)C1. The molecule has 0 aromatic carbocycles. The van der Waals surface area contributed by atoms with Crippen LogP contribution in [0, 0.1) is 11.8 Å². The van der Waals surface area contributed by atoms with Crippen LogP contribution < -0.4 is 0 Å². The van der Waals surface area contributed by atoms with Crippen molar-refractivity contribution in [2.45, 2.75) is 44.6 Å². The van der Waals surface area contributed by atoms with Gasteiger partial charge in [-0.2, -0.15) is 0 Å². The normalized spacial score (nSPS) is 33.5. The van der Waals surface area contributed by atoms with Crippen LogP contribution in [-0.2, 0) is 4.79 Å². The van der Waals surface area contributed by atoms with Crippen molar-refractivity contribution in [2.75, 3.05) is 33.7 Å². The van der Waals surface area contributed by atoms with Gasteiger partial charge in [-0.05, 0) is 65.1 Å². The van der Waals surface area contributed by atoms with Crippen LogP contribution in [0.15, 0.2) is 0 Å². The molecule has 19 heavy (non-hydrogen) atoms. The molecule has 1 aliphatic heterocycles. The second-order valence-corrected chi connectivity index (χ2v) is 6.55. The smallest absolute Gasteiger partial charge is 0.306 e. The average Bonchev–Trinajstić information content (AvgIpc) is 2.39. The summed E-state index contributed by atoms with van der Waals surface area (Å²) in [7, 11) is 4.44. The molecule has 1 aliphatic carbocycles. The number of aliphatic carboxylic acids is 1. The predicted octanol–water partition coefficient (Wildman–Crippen LogP) is 1.90. The van der Waals surface area contributed by atoms with Gasteiger partial charge < -0.3 is 14.9 Å². The van der Waals surface area contributed by atoms with Crippen molar-refractivity contribution >= 4 is 5.97 Å². The number of rotatable bonds is 4. The molecule has 0 spiro atoms. The van der Waals surface area contributed by atoms with Crippen molar-refractivity contribution in [1.82, 2.24) is 9.80 Å². The Bertz CT molecular complexity index is 301. The zero-order valence-corrected chi connectivity index (χ0v) is 12.3. The van der Waals surface area contributed by atoms with Gasteiger partial charge in [0.25, 0.3) is 0 Å². The number of nitrogens with zero attached hydrogens (tertiary/aromatic N) is 2. The summed E-state index contributed by atoms with van der Waals surface area (Å²) in [5.74, 6) is 0.0985. The highest BCUT2D eigenvalue weighted by Crippen LogP contribution is 2.28. The minimum atomic E-state index is -0.602. The maximum atomic E-state index is 11.0. The average molecular weight is 268 g/mol. The maximum absolute atomic E-state index is 11.0. The molecule has 0 radical (unpaired) electrons. The molecule has 0 aromatic rings. The van der Waals surface area contributed by atoms with Crippen molar-refractivity contribution in [3.8, 4) is 0 Å². The van der Waals surface area contributed by atoms with E-state index in [1.165, 1.54) is 32.5 Å². The Labute approximate surface area is 116 Å². The Hall–Kier alpha value is -0.610. The van der Waals surface area contributed by atoms with Crippen LogP contribution >= 0.6 is 0 Å². The van der Waals surface area contributed by atoms with E-state index in [1.54, 1.807) is 0 Å². The molecule has 0 bridgehead atoms. The van der Waals surface area contributed by atoms with Crippen molar-refractivity contribution < 1.29 is 9.90 Å². The third kappa shape index (κ3) is 4.18. The van der Waals surface area contributed by atoms with Crippen LogP contribution in [0.4, 0.5) is 0 Å². The summed E-state index contributed by atoms with van der Waals surface area (Å²) in [6.07, 6.45) is 6.48. The molecule has 2 fully saturated rings. The van der Waals surface area contributed by atoms with E-state index in [0.29, 0.717) is 6.04 Å². The van der Waals surface area contributed by atoms with E-state index in [-0.39, 0.29) is 5.92 Å². The Morgan fingerprint density at radius 1 is 1.26 bits per heavy atom. The zero-order valence-electron chi connectivity index (χ0n) is 12.3. The summed E-state index contributed by atoms with van der Waals surface area (Å²) in [5, 5.41) is 9.03. The van der Waals surface area contributed by atoms with Gasteiger partial charge in [0.1, 0.15) is 0 Å². The lowest BCUT2D eigenvalue weighted by atomic mass is 9.85. The van der Waals surface area contributed by atoms with Crippen molar-refractivity contribution in [2.24, 2.45) is 11.8 Å². The molecule has 0 amide bonds. The number of carbonyl (C=O) groups is 1. The van der Waals surface area contributed by atoms with E-state index in [2.05, 4.69) is 23.9 Å². The standard InChI is InChI=1S/C15H28N2O2/c1-16-9-3-4-12(10-16)11-17(2)14-7-5-13(6-8-14)15(18)19/h12-14H,3-11H2,1-2H3,(H,18,19). The minimum absolute atomic E-state index is 0.0922. The van der Waals surface area contributed by atoms with E-state index in [1.807, 2.05) is 0 Å². The van der Waals surface area contributed by atoms with Gasteiger partial charge >= 0.3 is 5.97 Å². The molecular formula is C15H28N2O2. The number of likely N-dealkylation sites (tertiary alicyclic amines) is 1. The summed E-state index contributed by atoms with van der Waals surface area (Å²) in [5.41, 5.74) is 0. The molecule has 1 heterocycles. The number of carboxylic acids is 1. The Kier molecular flexibility index (Phi) is 5.22. The van der Waals surface area contributed by atoms with Crippen molar-refractivity contribution in [1.29, 1.82) is 0 Å². The topological polar surface area (TPSA) is 43.8 Å². The third-order valence-electron chi connectivity index (χ3n) is 4.94. The molecule has 1 saturated heterocycles. The Morgan fingerprint density at radius 2 is 1.95 bits per heavy atom. The van der Waals surface area contributed by atoms with Gasteiger partial charge in [0.2, 0.25) is 0 Å².